The minimum absolute atomic E-state index is 0.0721. The lowest BCUT2D eigenvalue weighted by molar-refractivity contribution is -0.384. The molecule has 1 saturated heterocycles. The van der Waals surface area contributed by atoms with Gasteiger partial charge in [0.2, 0.25) is 0 Å². The molecule has 0 aliphatic carbocycles. The van der Waals surface area contributed by atoms with Crippen molar-refractivity contribution in [1.29, 1.82) is 0 Å². The quantitative estimate of drug-likeness (QED) is 0.588. The summed E-state index contributed by atoms with van der Waals surface area (Å²) in [4.78, 5) is 12.0. The average molecular weight is 254 g/mol. The standard InChI is InChI=1S/C11H14N2O5/c1-18-7-2-3-8(13(16)17)9(4-7)12-5-10(14)11(15)6-12/h2-4,10-11,14-15H,5-6H2,1H3. The van der Waals surface area contributed by atoms with E-state index in [1.165, 1.54) is 25.3 Å². The van der Waals surface area contributed by atoms with Gasteiger partial charge >= 0.3 is 0 Å². The van der Waals surface area contributed by atoms with Gasteiger partial charge in [-0.05, 0) is 6.07 Å². The summed E-state index contributed by atoms with van der Waals surface area (Å²) in [5.74, 6) is 0.492. The minimum Gasteiger partial charge on any atom is -0.497 e. The van der Waals surface area contributed by atoms with Crippen molar-refractivity contribution in [2.45, 2.75) is 12.2 Å². The second kappa shape index (κ2) is 4.79. The van der Waals surface area contributed by atoms with Gasteiger partial charge in [0.05, 0.1) is 24.2 Å². The first-order valence-corrected chi connectivity index (χ1v) is 5.46. The Morgan fingerprint density at radius 1 is 1.39 bits per heavy atom. The van der Waals surface area contributed by atoms with Crippen LogP contribution in [-0.4, -0.2) is 47.5 Å². The van der Waals surface area contributed by atoms with Crippen LogP contribution in [0.25, 0.3) is 0 Å². The summed E-state index contributed by atoms with van der Waals surface area (Å²) in [5.41, 5.74) is 0.270. The second-order valence-corrected chi connectivity index (χ2v) is 4.15. The van der Waals surface area contributed by atoms with Gasteiger partial charge in [-0.3, -0.25) is 10.1 Å². The Morgan fingerprint density at radius 3 is 2.50 bits per heavy atom. The highest BCUT2D eigenvalue weighted by Crippen LogP contribution is 2.34. The molecule has 2 unspecified atom stereocenters. The summed E-state index contributed by atoms with van der Waals surface area (Å²) in [6.45, 7) is 0.324. The molecular formula is C11H14N2O5. The van der Waals surface area contributed by atoms with Crippen molar-refractivity contribution in [3.05, 3.63) is 28.3 Å². The number of nitro groups is 1. The number of nitrogens with zero attached hydrogens (tertiary/aromatic N) is 2. The molecule has 18 heavy (non-hydrogen) atoms. The third kappa shape index (κ3) is 2.22. The van der Waals surface area contributed by atoms with Crippen LogP contribution in [0.2, 0.25) is 0 Å². The van der Waals surface area contributed by atoms with E-state index in [0.717, 1.165) is 0 Å². The van der Waals surface area contributed by atoms with E-state index in [1.54, 1.807) is 4.90 Å². The van der Waals surface area contributed by atoms with Crippen molar-refractivity contribution in [3.63, 3.8) is 0 Å². The summed E-state index contributed by atoms with van der Waals surface area (Å²) in [6.07, 6.45) is -1.79. The summed E-state index contributed by atoms with van der Waals surface area (Å²) in [6, 6.07) is 4.39. The summed E-state index contributed by atoms with van der Waals surface area (Å²) >= 11 is 0. The lowest BCUT2D eigenvalue weighted by Crippen LogP contribution is -2.22. The Labute approximate surface area is 103 Å². The van der Waals surface area contributed by atoms with Crippen LogP contribution >= 0.6 is 0 Å². The molecule has 1 aliphatic heterocycles. The van der Waals surface area contributed by atoms with Crippen LogP contribution in [0.3, 0.4) is 0 Å². The molecule has 0 aromatic heterocycles. The van der Waals surface area contributed by atoms with Crippen molar-refractivity contribution in [2.75, 3.05) is 25.1 Å². The lowest BCUT2D eigenvalue weighted by atomic mass is 10.2. The molecular weight excluding hydrogens is 240 g/mol. The molecule has 1 aromatic carbocycles. The van der Waals surface area contributed by atoms with E-state index in [1.807, 2.05) is 0 Å². The molecule has 0 spiro atoms. The van der Waals surface area contributed by atoms with Gasteiger partial charge in [-0.15, -0.1) is 0 Å². The van der Waals surface area contributed by atoms with Crippen molar-refractivity contribution >= 4 is 11.4 Å². The van der Waals surface area contributed by atoms with Gasteiger partial charge in [0.1, 0.15) is 11.4 Å². The summed E-state index contributed by atoms with van der Waals surface area (Å²) in [5, 5.41) is 29.9. The fourth-order valence-corrected chi connectivity index (χ4v) is 2.00. The first-order chi connectivity index (χ1) is 8.52. The molecule has 0 saturated carbocycles. The molecule has 7 nitrogen and oxygen atoms in total. The second-order valence-electron chi connectivity index (χ2n) is 4.15. The number of rotatable bonds is 3. The van der Waals surface area contributed by atoms with Gasteiger partial charge in [0.25, 0.3) is 5.69 Å². The molecule has 2 atom stereocenters. The van der Waals surface area contributed by atoms with Crippen molar-refractivity contribution < 1.29 is 19.9 Å². The zero-order valence-electron chi connectivity index (χ0n) is 9.81. The minimum atomic E-state index is -0.893. The highest BCUT2D eigenvalue weighted by atomic mass is 16.6. The Kier molecular flexibility index (Phi) is 3.35. The van der Waals surface area contributed by atoms with Crippen LogP contribution in [0.4, 0.5) is 11.4 Å². The van der Waals surface area contributed by atoms with E-state index >= 15 is 0 Å². The van der Waals surface area contributed by atoms with Crippen LogP contribution in [0.1, 0.15) is 0 Å². The third-order valence-electron chi connectivity index (χ3n) is 2.98. The van der Waals surface area contributed by atoms with Crippen LogP contribution in [0.5, 0.6) is 5.75 Å². The van der Waals surface area contributed by atoms with Gasteiger partial charge in [0.15, 0.2) is 0 Å². The molecule has 0 bridgehead atoms. The number of methoxy groups -OCH3 is 1. The van der Waals surface area contributed by atoms with Gasteiger partial charge in [0, 0.05) is 25.2 Å². The van der Waals surface area contributed by atoms with E-state index < -0.39 is 17.1 Å². The zero-order valence-corrected chi connectivity index (χ0v) is 9.81. The molecule has 1 fully saturated rings. The zero-order chi connectivity index (χ0) is 13.3. The third-order valence-corrected chi connectivity index (χ3v) is 2.98. The van der Waals surface area contributed by atoms with Crippen LogP contribution in [-0.2, 0) is 0 Å². The van der Waals surface area contributed by atoms with Crippen molar-refractivity contribution in [3.8, 4) is 5.75 Å². The molecule has 98 valence electrons. The van der Waals surface area contributed by atoms with E-state index in [4.69, 9.17) is 4.74 Å². The van der Waals surface area contributed by atoms with Gasteiger partial charge < -0.3 is 19.8 Å². The number of aliphatic hydroxyl groups excluding tert-OH is 2. The smallest absolute Gasteiger partial charge is 0.292 e. The summed E-state index contributed by atoms with van der Waals surface area (Å²) in [7, 11) is 1.47. The molecule has 1 heterocycles. The Balaban J connectivity index is 2.38. The van der Waals surface area contributed by atoms with E-state index in [0.29, 0.717) is 11.4 Å². The number of hydrogen-bond acceptors (Lipinski definition) is 6. The van der Waals surface area contributed by atoms with Crippen molar-refractivity contribution in [1.82, 2.24) is 0 Å². The number of benzene rings is 1. The normalized spacial score (nSPS) is 23.2. The van der Waals surface area contributed by atoms with Gasteiger partial charge in [-0.2, -0.15) is 0 Å². The Morgan fingerprint density at radius 2 is 2.00 bits per heavy atom. The highest BCUT2D eigenvalue weighted by molar-refractivity contribution is 5.66. The van der Waals surface area contributed by atoms with Crippen LogP contribution in [0.15, 0.2) is 18.2 Å². The van der Waals surface area contributed by atoms with Crippen LogP contribution < -0.4 is 9.64 Å². The highest BCUT2D eigenvalue weighted by Gasteiger charge is 2.33. The fourth-order valence-electron chi connectivity index (χ4n) is 2.00. The SMILES string of the molecule is COc1ccc([N+](=O)[O-])c(N2CC(O)C(O)C2)c1. The van der Waals surface area contributed by atoms with Crippen LogP contribution in [0, 0.1) is 10.1 Å². The Bertz CT molecular complexity index is 455. The largest absolute Gasteiger partial charge is 0.497 e. The Hall–Kier alpha value is -1.86. The number of hydrogen-bond donors (Lipinski definition) is 2. The van der Waals surface area contributed by atoms with Gasteiger partial charge in [-0.25, -0.2) is 0 Å². The lowest BCUT2D eigenvalue weighted by Gasteiger charge is -2.18. The maximum atomic E-state index is 11.0. The topological polar surface area (TPSA) is 96.1 Å². The van der Waals surface area contributed by atoms with E-state index in [9.17, 15) is 20.3 Å². The first-order valence-electron chi connectivity index (χ1n) is 5.46. The molecule has 2 rings (SSSR count). The average Bonchev–Trinajstić information content (AvgIpc) is 2.68. The molecule has 2 N–H and O–H groups in total. The number of aliphatic hydroxyl groups is 2. The van der Waals surface area contributed by atoms with Gasteiger partial charge in [-0.1, -0.05) is 0 Å². The summed E-state index contributed by atoms with van der Waals surface area (Å²) < 4.78 is 5.03. The number of nitro benzene ring substituents is 1. The molecule has 1 aliphatic rings. The van der Waals surface area contributed by atoms with E-state index in [-0.39, 0.29) is 18.8 Å². The first kappa shape index (κ1) is 12.6. The molecule has 7 heteroatoms. The maximum absolute atomic E-state index is 11.0. The number of ether oxygens (including phenoxy) is 1. The van der Waals surface area contributed by atoms with Crippen molar-refractivity contribution in [2.24, 2.45) is 0 Å². The molecule has 1 aromatic rings. The van der Waals surface area contributed by atoms with E-state index in [2.05, 4.69) is 0 Å². The predicted molar refractivity (Wildman–Crippen MR) is 63.9 cm³/mol. The number of anilines is 1. The maximum Gasteiger partial charge on any atom is 0.292 e. The predicted octanol–water partition coefficient (Wildman–Crippen LogP) is 0.145. The fraction of sp³-hybridized carbons (Fsp3) is 0.455. The molecule has 0 amide bonds. The monoisotopic (exact) mass is 254 g/mol. The molecule has 0 radical (unpaired) electrons. The number of β-amino-alcohol motifs (C(OH)–C–C–N with tert-alkyl or cyclic N) is 2.